The van der Waals surface area contributed by atoms with Crippen molar-refractivity contribution in [1.82, 2.24) is 29.9 Å². The molecule has 8 nitrogen and oxygen atoms in total. The summed E-state index contributed by atoms with van der Waals surface area (Å²) in [6.07, 6.45) is 3.12. The number of aromatic nitrogens is 5. The molecular weight excluding hydrogens is 260 g/mol. The van der Waals surface area contributed by atoms with Crippen LogP contribution in [-0.2, 0) is 18.3 Å². The average Bonchev–Trinajstić information content (AvgIpc) is 3.03. The number of nitrogens with zero attached hydrogens (tertiary/aromatic N) is 5. The lowest BCUT2D eigenvalue weighted by Gasteiger charge is -2.06. The Morgan fingerprint density at radius 1 is 1.45 bits per heavy atom. The van der Waals surface area contributed by atoms with Crippen molar-refractivity contribution in [2.45, 2.75) is 13.5 Å². The zero-order chi connectivity index (χ0) is 14.4. The maximum atomic E-state index is 11.8. The predicted molar refractivity (Wildman–Crippen MR) is 71.1 cm³/mol. The molecule has 0 aliphatic heterocycles. The summed E-state index contributed by atoms with van der Waals surface area (Å²) in [5.74, 6) is -0.145. The van der Waals surface area contributed by atoms with Crippen molar-refractivity contribution in [3.05, 3.63) is 30.1 Å². The third kappa shape index (κ3) is 3.89. The molecule has 0 spiro atoms. The Balaban J connectivity index is 1.61. The largest absolute Gasteiger partial charge is 0.378 e. The van der Waals surface area contributed by atoms with Crippen LogP contribution < -0.4 is 5.32 Å². The van der Waals surface area contributed by atoms with Crippen LogP contribution in [0.2, 0.25) is 0 Å². The van der Waals surface area contributed by atoms with E-state index in [1.807, 2.05) is 6.92 Å². The Kier molecular flexibility index (Phi) is 4.83. The summed E-state index contributed by atoms with van der Waals surface area (Å²) in [6, 6.07) is 1.75. The highest BCUT2D eigenvalue weighted by atomic mass is 16.5. The molecule has 0 saturated heterocycles. The van der Waals surface area contributed by atoms with Crippen molar-refractivity contribution in [2.24, 2.45) is 7.05 Å². The number of nitrogens with one attached hydrogen (secondary N) is 1. The minimum absolute atomic E-state index is 0.145. The van der Waals surface area contributed by atoms with Crippen LogP contribution in [0.15, 0.2) is 18.7 Å². The van der Waals surface area contributed by atoms with Crippen molar-refractivity contribution in [3.8, 4) is 0 Å². The topological polar surface area (TPSA) is 86.9 Å². The third-order valence-corrected chi connectivity index (χ3v) is 2.70. The van der Waals surface area contributed by atoms with E-state index in [1.165, 1.54) is 6.33 Å². The van der Waals surface area contributed by atoms with Crippen molar-refractivity contribution in [1.29, 1.82) is 0 Å². The maximum Gasteiger partial charge on any atom is 0.269 e. The second kappa shape index (κ2) is 6.80. The van der Waals surface area contributed by atoms with E-state index in [4.69, 9.17) is 4.74 Å². The number of ether oxygens (including phenoxy) is 1. The molecule has 2 heterocycles. The molecule has 0 aliphatic carbocycles. The van der Waals surface area contributed by atoms with Crippen LogP contribution >= 0.6 is 0 Å². The lowest BCUT2D eigenvalue weighted by atomic mass is 10.3. The van der Waals surface area contributed by atoms with E-state index in [2.05, 4.69) is 20.5 Å². The van der Waals surface area contributed by atoms with E-state index in [0.29, 0.717) is 32.0 Å². The fraction of sp³-hybridized carbons (Fsp3) is 0.500. The quantitative estimate of drug-likeness (QED) is 0.707. The van der Waals surface area contributed by atoms with Crippen LogP contribution in [-0.4, -0.2) is 50.2 Å². The van der Waals surface area contributed by atoms with E-state index in [0.717, 1.165) is 5.69 Å². The number of hydrogen-bond donors (Lipinski definition) is 1. The molecule has 8 heteroatoms. The molecule has 0 aromatic carbocycles. The van der Waals surface area contributed by atoms with Gasteiger partial charge >= 0.3 is 0 Å². The van der Waals surface area contributed by atoms with Crippen molar-refractivity contribution in [3.63, 3.8) is 0 Å². The van der Waals surface area contributed by atoms with Crippen molar-refractivity contribution >= 4 is 5.91 Å². The van der Waals surface area contributed by atoms with E-state index in [1.54, 1.807) is 28.8 Å². The Labute approximate surface area is 116 Å². The third-order valence-electron chi connectivity index (χ3n) is 2.70. The second-order valence-corrected chi connectivity index (χ2v) is 4.32. The molecule has 20 heavy (non-hydrogen) atoms. The van der Waals surface area contributed by atoms with Gasteiger partial charge in [0.15, 0.2) is 0 Å². The molecule has 1 N–H and O–H groups in total. The number of carbonyl (C=O) groups is 1. The first-order valence-electron chi connectivity index (χ1n) is 6.36. The molecule has 2 aromatic rings. The number of amides is 1. The number of carbonyl (C=O) groups excluding carboxylic acids is 1. The van der Waals surface area contributed by atoms with Crippen LogP contribution in [0.25, 0.3) is 0 Å². The number of rotatable bonds is 7. The van der Waals surface area contributed by atoms with Crippen LogP contribution in [0.5, 0.6) is 0 Å². The van der Waals surface area contributed by atoms with E-state index in [-0.39, 0.29) is 5.91 Å². The van der Waals surface area contributed by atoms with Gasteiger partial charge in [0.1, 0.15) is 18.3 Å². The molecule has 0 fully saturated rings. The average molecular weight is 278 g/mol. The lowest BCUT2D eigenvalue weighted by Crippen LogP contribution is -2.29. The minimum atomic E-state index is -0.145. The molecule has 2 aromatic heterocycles. The first-order chi connectivity index (χ1) is 9.66. The second-order valence-electron chi connectivity index (χ2n) is 4.32. The molecule has 0 unspecified atom stereocenters. The molecule has 0 aliphatic rings. The number of aryl methyl sites for hydroxylation is 2. The van der Waals surface area contributed by atoms with Gasteiger partial charge in [0.25, 0.3) is 5.91 Å². The van der Waals surface area contributed by atoms with Crippen LogP contribution in [0.3, 0.4) is 0 Å². The molecular formula is C12H18N6O2. The van der Waals surface area contributed by atoms with E-state index >= 15 is 0 Å². The molecule has 108 valence electrons. The fourth-order valence-electron chi connectivity index (χ4n) is 1.76. The summed E-state index contributed by atoms with van der Waals surface area (Å²) in [7, 11) is 1.75. The van der Waals surface area contributed by atoms with Gasteiger partial charge in [-0.15, -0.1) is 0 Å². The summed E-state index contributed by atoms with van der Waals surface area (Å²) in [5, 5.41) is 10.9. The van der Waals surface area contributed by atoms with Gasteiger partial charge in [0.2, 0.25) is 0 Å². The highest BCUT2D eigenvalue weighted by molar-refractivity contribution is 5.92. The molecule has 1 amide bonds. The van der Waals surface area contributed by atoms with Gasteiger partial charge in [-0.1, -0.05) is 0 Å². The van der Waals surface area contributed by atoms with Gasteiger partial charge in [-0.25, -0.2) is 4.98 Å². The Morgan fingerprint density at radius 2 is 2.30 bits per heavy atom. The van der Waals surface area contributed by atoms with E-state index < -0.39 is 0 Å². The van der Waals surface area contributed by atoms with Crippen LogP contribution in [0.4, 0.5) is 0 Å². The SMILES string of the molecule is Cc1cc(C(=O)NCCOCCn2cncn2)n(C)n1. The molecule has 0 radical (unpaired) electrons. The van der Waals surface area contributed by atoms with Crippen LogP contribution in [0, 0.1) is 6.92 Å². The standard InChI is InChI=1S/C12H18N6O2/c1-10-7-11(17(2)16-10)12(19)14-3-5-20-6-4-18-9-13-8-15-18/h7-9H,3-6H2,1-2H3,(H,14,19). The smallest absolute Gasteiger partial charge is 0.269 e. The van der Waals surface area contributed by atoms with Gasteiger partial charge < -0.3 is 10.1 Å². The van der Waals surface area contributed by atoms with Crippen molar-refractivity contribution < 1.29 is 9.53 Å². The highest BCUT2D eigenvalue weighted by Gasteiger charge is 2.10. The van der Waals surface area contributed by atoms with Gasteiger partial charge in [0, 0.05) is 13.6 Å². The summed E-state index contributed by atoms with van der Waals surface area (Å²) in [6.45, 7) is 3.95. The van der Waals surface area contributed by atoms with Crippen LogP contribution in [0.1, 0.15) is 16.2 Å². The van der Waals surface area contributed by atoms with Gasteiger partial charge in [-0.2, -0.15) is 10.2 Å². The fourth-order valence-corrected chi connectivity index (χ4v) is 1.76. The Morgan fingerprint density at radius 3 is 2.95 bits per heavy atom. The van der Waals surface area contributed by atoms with Gasteiger partial charge in [0.05, 0.1) is 25.5 Å². The van der Waals surface area contributed by atoms with Gasteiger partial charge in [-0.05, 0) is 13.0 Å². The summed E-state index contributed by atoms with van der Waals surface area (Å²) in [5.41, 5.74) is 1.37. The summed E-state index contributed by atoms with van der Waals surface area (Å²) in [4.78, 5) is 15.7. The normalized spacial score (nSPS) is 10.7. The van der Waals surface area contributed by atoms with Gasteiger partial charge in [-0.3, -0.25) is 14.2 Å². The van der Waals surface area contributed by atoms with Crippen molar-refractivity contribution in [2.75, 3.05) is 19.8 Å². The Hall–Kier alpha value is -2.22. The first kappa shape index (κ1) is 14.2. The Bertz CT molecular complexity index is 548. The first-order valence-corrected chi connectivity index (χ1v) is 6.36. The predicted octanol–water partition coefficient (Wildman–Crippen LogP) is -0.233. The maximum absolute atomic E-state index is 11.8. The molecule has 2 rings (SSSR count). The monoisotopic (exact) mass is 278 g/mol. The lowest BCUT2D eigenvalue weighted by molar-refractivity contribution is 0.0897. The summed E-state index contributed by atoms with van der Waals surface area (Å²) >= 11 is 0. The minimum Gasteiger partial charge on any atom is -0.378 e. The highest BCUT2D eigenvalue weighted by Crippen LogP contribution is 2.00. The molecule has 0 saturated carbocycles. The zero-order valence-electron chi connectivity index (χ0n) is 11.6. The summed E-state index contributed by atoms with van der Waals surface area (Å²) < 4.78 is 8.66. The molecule has 0 atom stereocenters. The number of hydrogen-bond acceptors (Lipinski definition) is 5. The zero-order valence-corrected chi connectivity index (χ0v) is 11.6. The van der Waals surface area contributed by atoms with E-state index in [9.17, 15) is 4.79 Å². The molecule has 0 bridgehead atoms.